The lowest BCUT2D eigenvalue weighted by atomic mass is 9.97. The van der Waals surface area contributed by atoms with E-state index in [1.165, 1.54) is 33.2 Å². The molecule has 3 heteroatoms. The Morgan fingerprint density at radius 1 is 0.521 bits per heavy atom. The van der Waals surface area contributed by atoms with Crippen molar-refractivity contribution in [3.05, 3.63) is 176 Å². The Kier molecular flexibility index (Phi) is 6.94. The van der Waals surface area contributed by atoms with Gasteiger partial charge in [-0.15, -0.1) is 0 Å². The Balaban J connectivity index is 1.00. The van der Waals surface area contributed by atoms with Crippen LogP contribution in [0, 0.1) is 0 Å². The van der Waals surface area contributed by atoms with Gasteiger partial charge in [0.1, 0.15) is 5.52 Å². The van der Waals surface area contributed by atoms with Crippen LogP contribution < -0.4 is 4.90 Å². The zero-order chi connectivity index (χ0) is 31.9. The number of hydrogen-bond acceptors (Lipinski definition) is 3. The summed E-state index contributed by atoms with van der Waals surface area (Å²) in [6, 6.07) is 54.2. The highest BCUT2D eigenvalue weighted by Gasteiger charge is 2.20. The lowest BCUT2D eigenvalue weighted by Gasteiger charge is -2.33. The zero-order valence-corrected chi connectivity index (χ0v) is 26.3. The third kappa shape index (κ3) is 5.06. The van der Waals surface area contributed by atoms with Gasteiger partial charge in [-0.25, -0.2) is 4.98 Å². The van der Waals surface area contributed by atoms with Crippen LogP contribution in [0.4, 0.5) is 11.4 Å². The van der Waals surface area contributed by atoms with Gasteiger partial charge in [0.05, 0.1) is 6.04 Å². The predicted octanol–water partition coefficient (Wildman–Crippen LogP) is 12.2. The van der Waals surface area contributed by atoms with Crippen molar-refractivity contribution in [2.45, 2.75) is 12.5 Å². The fourth-order valence-electron chi connectivity index (χ4n) is 6.97. The Labute approximate surface area is 279 Å². The summed E-state index contributed by atoms with van der Waals surface area (Å²) in [5, 5.41) is 4.77. The van der Waals surface area contributed by atoms with Gasteiger partial charge in [0, 0.05) is 22.3 Å². The van der Waals surface area contributed by atoms with Crippen molar-refractivity contribution in [3.8, 4) is 33.7 Å². The summed E-state index contributed by atoms with van der Waals surface area (Å²) in [5.41, 5.74) is 9.80. The molecule has 48 heavy (non-hydrogen) atoms. The van der Waals surface area contributed by atoms with Crippen molar-refractivity contribution in [1.29, 1.82) is 0 Å². The molecule has 1 unspecified atom stereocenters. The first-order valence-corrected chi connectivity index (χ1v) is 16.5. The van der Waals surface area contributed by atoms with Gasteiger partial charge in [0.15, 0.2) is 5.58 Å². The smallest absolute Gasteiger partial charge is 0.227 e. The minimum atomic E-state index is 0.233. The molecule has 1 aliphatic rings. The highest BCUT2D eigenvalue weighted by molar-refractivity contribution is 6.03. The lowest BCUT2D eigenvalue weighted by molar-refractivity contribution is 0.623. The third-order valence-corrected chi connectivity index (χ3v) is 9.43. The van der Waals surface area contributed by atoms with E-state index in [9.17, 15) is 0 Å². The van der Waals surface area contributed by atoms with Gasteiger partial charge < -0.3 is 9.32 Å². The first kappa shape index (κ1) is 28.1. The third-order valence-electron chi connectivity index (χ3n) is 9.43. The van der Waals surface area contributed by atoms with Crippen LogP contribution in [-0.2, 0) is 0 Å². The van der Waals surface area contributed by atoms with E-state index in [4.69, 9.17) is 9.40 Å². The van der Waals surface area contributed by atoms with Crippen LogP contribution >= 0.6 is 0 Å². The van der Waals surface area contributed by atoms with E-state index < -0.39 is 0 Å². The molecular formula is C45H32N2O. The van der Waals surface area contributed by atoms with Gasteiger partial charge in [0.2, 0.25) is 5.89 Å². The number of rotatable bonds is 6. The topological polar surface area (TPSA) is 29.3 Å². The Bertz CT molecular complexity index is 2460. The number of allylic oxidation sites excluding steroid dienone is 2. The van der Waals surface area contributed by atoms with Crippen molar-refractivity contribution in [2.75, 3.05) is 4.90 Å². The summed E-state index contributed by atoms with van der Waals surface area (Å²) in [5.74, 6) is 0.639. The summed E-state index contributed by atoms with van der Waals surface area (Å²) in [4.78, 5) is 7.23. The molecule has 0 amide bonds. The van der Waals surface area contributed by atoms with E-state index in [1.54, 1.807) is 0 Å². The maximum Gasteiger partial charge on any atom is 0.227 e. The molecule has 8 aromatic rings. The summed E-state index contributed by atoms with van der Waals surface area (Å²) in [6.45, 7) is 0. The highest BCUT2D eigenvalue weighted by Crippen LogP contribution is 2.36. The molecule has 1 atom stereocenters. The molecule has 0 radical (unpaired) electrons. The molecule has 228 valence electrons. The fraction of sp³-hybridized carbons (Fsp3) is 0.0444. The average Bonchev–Trinajstić information content (AvgIpc) is 3.61. The first-order valence-electron chi connectivity index (χ1n) is 16.5. The number of nitrogens with zero attached hydrogens (tertiary/aromatic N) is 2. The summed E-state index contributed by atoms with van der Waals surface area (Å²) >= 11 is 0. The lowest BCUT2D eigenvalue weighted by Crippen LogP contribution is -2.29. The SMILES string of the molecule is C1=CCC(N(c2ccc(-c3ccc(-c4nc5ccc6ccccc6c5o4)cc3)cc2)c2ccc(-c3cccc4ccccc34)cc2)C=C1. The number of oxazole rings is 1. The minimum absolute atomic E-state index is 0.233. The molecule has 0 saturated heterocycles. The van der Waals surface area contributed by atoms with Crippen molar-refractivity contribution < 1.29 is 4.42 Å². The van der Waals surface area contributed by atoms with Crippen molar-refractivity contribution in [3.63, 3.8) is 0 Å². The maximum atomic E-state index is 6.28. The minimum Gasteiger partial charge on any atom is -0.435 e. The van der Waals surface area contributed by atoms with Crippen molar-refractivity contribution >= 4 is 44.0 Å². The molecule has 0 aliphatic heterocycles. The summed E-state index contributed by atoms with van der Waals surface area (Å²) in [6.07, 6.45) is 9.78. The van der Waals surface area contributed by atoms with E-state index in [-0.39, 0.29) is 6.04 Å². The summed E-state index contributed by atoms with van der Waals surface area (Å²) < 4.78 is 6.28. The van der Waals surface area contributed by atoms with E-state index in [0.717, 1.165) is 45.1 Å². The Morgan fingerprint density at radius 3 is 1.83 bits per heavy atom. The van der Waals surface area contributed by atoms with Crippen LogP contribution in [0.2, 0.25) is 0 Å². The van der Waals surface area contributed by atoms with Crippen molar-refractivity contribution in [1.82, 2.24) is 4.98 Å². The van der Waals surface area contributed by atoms with Crippen LogP contribution in [-0.4, -0.2) is 11.0 Å². The van der Waals surface area contributed by atoms with Gasteiger partial charge in [-0.3, -0.25) is 0 Å². The molecule has 1 aromatic heterocycles. The predicted molar refractivity (Wildman–Crippen MR) is 201 cm³/mol. The van der Waals surface area contributed by atoms with Gasteiger partial charge in [0.25, 0.3) is 0 Å². The molecule has 0 bridgehead atoms. The number of hydrogen-bond donors (Lipinski definition) is 0. The maximum absolute atomic E-state index is 6.28. The number of anilines is 2. The molecular weight excluding hydrogens is 585 g/mol. The van der Waals surface area contributed by atoms with Crippen LogP contribution in [0.25, 0.3) is 66.4 Å². The van der Waals surface area contributed by atoms with Crippen LogP contribution in [0.15, 0.2) is 180 Å². The second-order valence-corrected chi connectivity index (χ2v) is 12.3. The van der Waals surface area contributed by atoms with Gasteiger partial charge in [-0.1, -0.05) is 133 Å². The molecule has 1 heterocycles. The molecule has 1 aliphatic carbocycles. The highest BCUT2D eigenvalue weighted by atomic mass is 16.3. The quantitative estimate of drug-likeness (QED) is 0.186. The molecule has 0 fully saturated rings. The monoisotopic (exact) mass is 616 g/mol. The second-order valence-electron chi connectivity index (χ2n) is 12.3. The first-order chi connectivity index (χ1) is 23.8. The van der Waals surface area contributed by atoms with Gasteiger partial charge in [-0.2, -0.15) is 0 Å². The fourth-order valence-corrected chi connectivity index (χ4v) is 6.97. The van der Waals surface area contributed by atoms with E-state index in [0.29, 0.717) is 5.89 Å². The Morgan fingerprint density at radius 2 is 1.12 bits per heavy atom. The summed E-state index contributed by atoms with van der Waals surface area (Å²) in [7, 11) is 0. The number of aromatic nitrogens is 1. The molecule has 0 N–H and O–H groups in total. The average molecular weight is 617 g/mol. The van der Waals surface area contributed by atoms with Crippen LogP contribution in [0.1, 0.15) is 6.42 Å². The largest absolute Gasteiger partial charge is 0.435 e. The Hall–Kier alpha value is -6.19. The van der Waals surface area contributed by atoms with E-state index in [2.05, 4.69) is 163 Å². The molecule has 3 nitrogen and oxygen atoms in total. The van der Waals surface area contributed by atoms with Crippen molar-refractivity contribution in [2.24, 2.45) is 0 Å². The van der Waals surface area contributed by atoms with Gasteiger partial charge in [-0.05, 0) is 87.3 Å². The molecule has 7 aromatic carbocycles. The number of fused-ring (bicyclic) bond motifs is 4. The van der Waals surface area contributed by atoms with Crippen LogP contribution in [0.5, 0.6) is 0 Å². The van der Waals surface area contributed by atoms with Gasteiger partial charge >= 0.3 is 0 Å². The van der Waals surface area contributed by atoms with E-state index in [1.807, 2.05) is 18.2 Å². The standard InChI is InChI=1S/C45H32N2O/c1-2-12-37(13-3-1)47(39-28-23-35(24-29-39)41-16-8-11-33-9-4-6-14-40(33)41)38-26-21-32(22-27-38)31-17-19-36(20-18-31)45-46-43-30-25-34-10-5-7-15-42(34)44(43)48-45/h1-12,14-30,37H,13H2. The molecule has 0 saturated carbocycles. The second kappa shape index (κ2) is 11.9. The van der Waals surface area contributed by atoms with E-state index >= 15 is 0 Å². The zero-order valence-electron chi connectivity index (χ0n) is 26.3. The normalized spacial score (nSPS) is 14.2. The van der Waals surface area contributed by atoms with Crippen LogP contribution in [0.3, 0.4) is 0 Å². The molecule has 9 rings (SSSR count). The molecule has 0 spiro atoms. The number of benzene rings is 7.